The predicted molar refractivity (Wildman–Crippen MR) is 152 cm³/mol. The van der Waals surface area contributed by atoms with Crippen molar-refractivity contribution < 1.29 is 39.2 Å². The monoisotopic (exact) mass is 570 g/mol. The number of Topliss-reactive ketones (excluding diaryl/α,β-unsaturated/α-hetero) is 2. The molecule has 0 saturated heterocycles. The van der Waals surface area contributed by atoms with E-state index in [-0.39, 0.29) is 36.1 Å². The van der Waals surface area contributed by atoms with E-state index in [1.54, 1.807) is 34.6 Å². The molecule has 4 aliphatic carbocycles. The Balaban J connectivity index is 1.81. The van der Waals surface area contributed by atoms with Gasteiger partial charge in [0.2, 0.25) is 5.78 Å². The highest BCUT2D eigenvalue weighted by Gasteiger charge is 2.78. The van der Waals surface area contributed by atoms with Gasteiger partial charge in [-0.05, 0) is 82.4 Å². The highest BCUT2D eigenvalue weighted by atomic mass is 16.6. The molecule has 0 heterocycles. The van der Waals surface area contributed by atoms with Gasteiger partial charge in [0.15, 0.2) is 11.5 Å². The van der Waals surface area contributed by atoms with E-state index < -0.39 is 62.1 Å². The molecule has 2 fully saturated rings. The van der Waals surface area contributed by atoms with Crippen molar-refractivity contribution in [2.45, 2.75) is 106 Å². The summed E-state index contributed by atoms with van der Waals surface area (Å²) in [4.78, 5) is 52.4. The van der Waals surface area contributed by atoms with E-state index in [0.717, 1.165) is 5.57 Å². The van der Waals surface area contributed by atoms with Crippen molar-refractivity contribution in [2.24, 2.45) is 38.9 Å². The second-order valence-corrected chi connectivity index (χ2v) is 15.0. The van der Waals surface area contributed by atoms with Gasteiger partial charge in [-0.3, -0.25) is 19.2 Å². The molecular formula is C33H46O8. The van der Waals surface area contributed by atoms with Gasteiger partial charge in [0.05, 0.1) is 11.5 Å². The van der Waals surface area contributed by atoms with Crippen LogP contribution in [-0.2, 0) is 23.9 Å². The largest absolute Gasteiger partial charge is 0.505 e. The summed E-state index contributed by atoms with van der Waals surface area (Å²) in [5.41, 5.74) is -7.34. The molecule has 0 unspecified atom stereocenters. The molecule has 4 rings (SSSR count). The van der Waals surface area contributed by atoms with Crippen LogP contribution in [0.1, 0.15) is 88.5 Å². The van der Waals surface area contributed by atoms with Gasteiger partial charge in [-0.2, -0.15) is 0 Å². The first-order valence-electron chi connectivity index (χ1n) is 14.5. The Morgan fingerprint density at radius 1 is 1.07 bits per heavy atom. The molecule has 0 aromatic carbocycles. The van der Waals surface area contributed by atoms with Gasteiger partial charge in [-0.1, -0.05) is 39.3 Å². The van der Waals surface area contributed by atoms with E-state index in [0.29, 0.717) is 6.42 Å². The zero-order chi connectivity index (χ0) is 31.4. The lowest BCUT2D eigenvalue weighted by Crippen LogP contribution is -2.68. The lowest BCUT2D eigenvalue weighted by Gasteiger charge is -2.65. The fraction of sp³-hybridized carbons (Fsp3) is 0.697. The number of allylic oxidation sites excluding steroid dienone is 4. The van der Waals surface area contributed by atoms with Crippen LogP contribution in [0.15, 0.2) is 35.6 Å². The number of fused-ring (bicyclic) bond motifs is 5. The zero-order valence-electron chi connectivity index (χ0n) is 26.0. The van der Waals surface area contributed by atoms with Crippen molar-refractivity contribution in [3.8, 4) is 0 Å². The topological polar surface area (TPSA) is 138 Å². The van der Waals surface area contributed by atoms with Crippen molar-refractivity contribution in [3.63, 3.8) is 0 Å². The molecule has 4 aliphatic rings. The molecule has 0 aliphatic heterocycles. The first-order chi connectivity index (χ1) is 18.4. The number of aliphatic hydroxyl groups is 3. The van der Waals surface area contributed by atoms with Gasteiger partial charge < -0.3 is 20.1 Å². The molecule has 8 atom stereocenters. The Morgan fingerprint density at radius 3 is 2.22 bits per heavy atom. The van der Waals surface area contributed by atoms with Crippen LogP contribution in [0.2, 0.25) is 0 Å². The average Bonchev–Trinajstić information content (AvgIpc) is 2.99. The third-order valence-electron chi connectivity index (χ3n) is 12.2. The summed E-state index contributed by atoms with van der Waals surface area (Å²) in [6.45, 7) is 17.0. The molecule has 0 spiro atoms. The highest BCUT2D eigenvalue weighted by Crippen LogP contribution is 2.77. The number of aliphatic hydroxyl groups excluding tert-OH is 2. The van der Waals surface area contributed by atoms with E-state index >= 15 is 0 Å². The van der Waals surface area contributed by atoms with Crippen molar-refractivity contribution in [1.29, 1.82) is 0 Å². The van der Waals surface area contributed by atoms with Gasteiger partial charge in [0, 0.05) is 30.1 Å². The molecule has 0 amide bonds. The molecule has 3 N–H and O–H groups in total. The van der Waals surface area contributed by atoms with E-state index in [1.807, 2.05) is 26.8 Å². The smallest absolute Gasteiger partial charge is 0.303 e. The predicted octanol–water partition coefficient (Wildman–Crippen LogP) is 4.58. The summed E-state index contributed by atoms with van der Waals surface area (Å²) in [6, 6.07) is 0. The van der Waals surface area contributed by atoms with Crippen LogP contribution in [0.4, 0.5) is 0 Å². The van der Waals surface area contributed by atoms with E-state index in [9.17, 15) is 34.5 Å². The number of hydrogen-bond acceptors (Lipinski definition) is 8. The van der Waals surface area contributed by atoms with Gasteiger partial charge in [-0.25, -0.2) is 0 Å². The maximum absolute atomic E-state index is 14.4. The first-order valence-corrected chi connectivity index (χ1v) is 14.5. The minimum Gasteiger partial charge on any atom is -0.505 e. The molecule has 8 heteroatoms. The van der Waals surface area contributed by atoms with E-state index in [2.05, 4.69) is 0 Å². The fourth-order valence-electron chi connectivity index (χ4n) is 9.21. The Bertz CT molecular complexity index is 1310. The van der Waals surface area contributed by atoms with E-state index in [1.165, 1.54) is 32.1 Å². The molecule has 0 aromatic heterocycles. The Kier molecular flexibility index (Phi) is 6.85. The van der Waals surface area contributed by atoms with Gasteiger partial charge in [0.25, 0.3) is 0 Å². The number of ketones is 3. The maximum Gasteiger partial charge on any atom is 0.303 e. The minimum absolute atomic E-state index is 0.00288. The molecule has 8 nitrogen and oxygen atoms in total. The summed E-state index contributed by atoms with van der Waals surface area (Å²) in [5, 5.41) is 34.4. The van der Waals surface area contributed by atoms with Crippen LogP contribution in [0.25, 0.3) is 0 Å². The normalized spacial score (nSPS) is 41.5. The molecule has 0 radical (unpaired) electrons. The standard InChI is InChI=1S/C33H46O8/c1-18(34)41-27(2,3)14-13-23(36)33(10,40)32(9)25(38)16-29(6)22-12-11-19-20(15-21(35)26(39)28(19,4)5)31(22,8)24(37)17-30(29,32)7/h11,13-15,20,22,25,35,38,40H,12,16-17H2,1-10H3/b14-13+/t20-,22+,25-,29+,30+,31+,32+,33+/m1/s1. The van der Waals surface area contributed by atoms with Crippen LogP contribution in [-0.4, -0.2) is 55.9 Å². The lowest BCUT2D eigenvalue weighted by atomic mass is 9.37. The number of carbonyl (C=O) groups excluding carboxylic acids is 4. The highest BCUT2D eigenvalue weighted by molar-refractivity contribution is 6.02. The second-order valence-electron chi connectivity index (χ2n) is 15.0. The second kappa shape index (κ2) is 8.96. The zero-order valence-corrected chi connectivity index (χ0v) is 26.0. The van der Waals surface area contributed by atoms with Crippen molar-refractivity contribution >= 4 is 23.3 Å². The number of hydrogen-bond donors (Lipinski definition) is 3. The summed E-state index contributed by atoms with van der Waals surface area (Å²) in [6.07, 6.45) is 5.79. The summed E-state index contributed by atoms with van der Waals surface area (Å²) in [5.74, 6) is -2.73. The maximum atomic E-state index is 14.4. The summed E-state index contributed by atoms with van der Waals surface area (Å²) < 4.78 is 5.25. The molecule has 2 saturated carbocycles. The Hall–Kier alpha value is -2.58. The van der Waals surface area contributed by atoms with Gasteiger partial charge in [-0.15, -0.1) is 0 Å². The van der Waals surface area contributed by atoms with Crippen LogP contribution in [0.5, 0.6) is 0 Å². The number of ether oxygens (including phenoxy) is 1. The van der Waals surface area contributed by atoms with Crippen LogP contribution < -0.4 is 0 Å². The number of rotatable bonds is 5. The van der Waals surface area contributed by atoms with Gasteiger partial charge in [0.1, 0.15) is 17.0 Å². The van der Waals surface area contributed by atoms with Crippen molar-refractivity contribution in [3.05, 3.63) is 35.6 Å². The minimum atomic E-state index is -2.07. The van der Waals surface area contributed by atoms with Crippen molar-refractivity contribution in [1.82, 2.24) is 0 Å². The SMILES string of the molecule is CC(=O)OC(C)(C)/C=C/C(=O)[C@](C)(O)[C@@]1(C)[C@H](O)C[C@@]2(C)[C@@H]3CC=C4[C@@H](C=C(O)C(=O)C4(C)C)[C@]3(C)C(=O)C[C@]12C. The van der Waals surface area contributed by atoms with Crippen molar-refractivity contribution in [2.75, 3.05) is 0 Å². The van der Waals surface area contributed by atoms with Crippen LogP contribution in [0.3, 0.4) is 0 Å². The van der Waals surface area contributed by atoms with Crippen LogP contribution in [0, 0.1) is 38.9 Å². The third-order valence-corrected chi connectivity index (χ3v) is 12.2. The molecule has 0 aromatic rings. The summed E-state index contributed by atoms with van der Waals surface area (Å²) >= 11 is 0. The third kappa shape index (κ3) is 3.85. The Labute approximate surface area is 242 Å². The summed E-state index contributed by atoms with van der Waals surface area (Å²) in [7, 11) is 0. The quantitative estimate of drug-likeness (QED) is 0.248. The van der Waals surface area contributed by atoms with Crippen LogP contribution >= 0.6 is 0 Å². The van der Waals surface area contributed by atoms with E-state index in [4.69, 9.17) is 4.74 Å². The first kappa shape index (κ1) is 31.4. The lowest BCUT2D eigenvalue weighted by molar-refractivity contribution is -0.206. The molecular weight excluding hydrogens is 524 g/mol. The number of esters is 1. The molecule has 0 bridgehead atoms. The fourth-order valence-corrected chi connectivity index (χ4v) is 9.21. The Morgan fingerprint density at radius 2 is 1.66 bits per heavy atom. The average molecular weight is 571 g/mol. The van der Waals surface area contributed by atoms with Gasteiger partial charge >= 0.3 is 5.97 Å². The molecule has 226 valence electrons. The number of carbonyl (C=O) groups is 4. The molecule has 41 heavy (non-hydrogen) atoms.